The SMILES string of the molecule is CC=CC(C)(C)NCCC(=O)O. The molecule has 3 nitrogen and oxygen atoms in total. The third-order valence-electron chi connectivity index (χ3n) is 1.50. The Morgan fingerprint density at radius 2 is 2.17 bits per heavy atom. The lowest BCUT2D eigenvalue weighted by molar-refractivity contribution is -0.136. The van der Waals surface area contributed by atoms with E-state index in [1.54, 1.807) is 0 Å². The van der Waals surface area contributed by atoms with Gasteiger partial charge in [0.2, 0.25) is 0 Å². The molecule has 0 atom stereocenters. The summed E-state index contributed by atoms with van der Waals surface area (Å²) in [4.78, 5) is 10.2. The van der Waals surface area contributed by atoms with Crippen LogP contribution in [0.25, 0.3) is 0 Å². The van der Waals surface area contributed by atoms with E-state index < -0.39 is 5.97 Å². The standard InChI is InChI=1S/C9H17NO2/c1-4-6-9(2,3)10-7-5-8(11)12/h4,6,10H,5,7H2,1-3H3,(H,11,12). The molecule has 0 aromatic carbocycles. The molecule has 0 saturated heterocycles. The summed E-state index contributed by atoms with van der Waals surface area (Å²) in [5, 5.41) is 11.5. The topological polar surface area (TPSA) is 49.3 Å². The quantitative estimate of drug-likeness (QED) is 0.615. The van der Waals surface area contributed by atoms with Crippen molar-refractivity contribution < 1.29 is 9.90 Å². The normalized spacial score (nSPS) is 12.2. The highest BCUT2D eigenvalue weighted by Crippen LogP contribution is 2.03. The smallest absolute Gasteiger partial charge is 0.304 e. The van der Waals surface area contributed by atoms with Crippen molar-refractivity contribution in [1.82, 2.24) is 5.32 Å². The second-order valence-corrected chi connectivity index (χ2v) is 3.29. The van der Waals surface area contributed by atoms with Gasteiger partial charge in [-0.2, -0.15) is 0 Å². The van der Waals surface area contributed by atoms with Crippen LogP contribution in [0.3, 0.4) is 0 Å². The number of carboxylic acid groups (broad SMARTS) is 1. The summed E-state index contributed by atoms with van der Waals surface area (Å²) in [5.41, 5.74) is -0.107. The first kappa shape index (κ1) is 11.2. The number of nitrogens with one attached hydrogen (secondary N) is 1. The van der Waals surface area contributed by atoms with E-state index in [9.17, 15) is 4.79 Å². The zero-order valence-electron chi connectivity index (χ0n) is 7.92. The lowest BCUT2D eigenvalue weighted by Gasteiger charge is -2.21. The van der Waals surface area contributed by atoms with Crippen LogP contribution >= 0.6 is 0 Å². The van der Waals surface area contributed by atoms with Gasteiger partial charge in [-0.05, 0) is 20.8 Å². The fraction of sp³-hybridized carbons (Fsp3) is 0.667. The third-order valence-corrected chi connectivity index (χ3v) is 1.50. The molecule has 0 unspecified atom stereocenters. The van der Waals surface area contributed by atoms with Crippen molar-refractivity contribution in [1.29, 1.82) is 0 Å². The molecular weight excluding hydrogens is 154 g/mol. The molecule has 2 N–H and O–H groups in total. The minimum Gasteiger partial charge on any atom is -0.481 e. The maximum absolute atomic E-state index is 10.2. The Kier molecular flexibility index (Phi) is 4.59. The first-order valence-corrected chi connectivity index (χ1v) is 4.08. The Bertz CT molecular complexity index is 173. The maximum Gasteiger partial charge on any atom is 0.304 e. The molecule has 0 saturated carbocycles. The zero-order chi connectivity index (χ0) is 9.61. The zero-order valence-corrected chi connectivity index (χ0v) is 7.92. The van der Waals surface area contributed by atoms with Crippen LogP contribution in [0.4, 0.5) is 0 Å². The molecule has 12 heavy (non-hydrogen) atoms. The number of aliphatic carboxylic acids is 1. The average Bonchev–Trinajstić information content (AvgIpc) is 1.85. The highest BCUT2D eigenvalue weighted by molar-refractivity contribution is 5.66. The van der Waals surface area contributed by atoms with Crippen molar-refractivity contribution in [3.63, 3.8) is 0 Å². The molecule has 3 heteroatoms. The molecule has 0 spiro atoms. The van der Waals surface area contributed by atoms with Crippen LogP contribution in [0.5, 0.6) is 0 Å². The molecule has 0 bridgehead atoms. The van der Waals surface area contributed by atoms with Gasteiger partial charge in [0.1, 0.15) is 0 Å². The van der Waals surface area contributed by atoms with E-state index in [1.807, 2.05) is 32.9 Å². The first-order chi connectivity index (χ1) is 5.48. The second-order valence-electron chi connectivity index (χ2n) is 3.29. The number of carboxylic acids is 1. The van der Waals surface area contributed by atoms with Crippen LogP contribution in [0.2, 0.25) is 0 Å². The van der Waals surface area contributed by atoms with E-state index in [2.05, 4.69) is 5.32 Å². The van der Waals surface area contributed by atoms with Crippen molar-refractivity contribution in [2.75, 3.05) is 6.54 Å². The first-order valence-electron chi connectivity index (χ1n) is 4.08. The summed E-state index contributed by atoms with van der Waals surface area (Å²) in [6.45, 7) is 6.47. The van der Waals surface area contributed by atoms with E-state index in [-0.39, 0.29) is 12.0 Å². The molecule has 70 valence electrons. The Hall–Kier alpha value is -0.830. The Morgan fingerprint density at radius 3 is 2.58 bits per heavy atom. The Morgan fingerprint density at radius 1 is 1.58 bits per heavy atom. The van der Waals surface area contributed by atoms with Gasteiger partial charge in [-0.25, -0.2) is 0 Å². The predicted octanol–water partition coefficient (Wildman–Crippen LogP) is 1.41. The van der Waals surface area contributed by atoms with Gasteiger partial charge < -0.3 is 10.4 Å². The number of allylic oxidation sites excluding steroid dienone is 1. The van der Waals surface area contributed by atoms with Gasteiger partial charge in [0.05, 0.1) is 6.42 Å². The summed E-state index contributed by atoms with van der Waals surface area (Å²) in [6, 6.07) is 0. The lowest BCUT2D eigenvalue weighted by atomic mass is 10.1. The van der Waals surface area contributed by atoms with Gasteiger partial charge in [0.15, 0.2) is 0 Å². The van der Waals surface area contributed by atoms with E-state index in [4.69, 9.17) is 5.11 Å². The van der Waals surface area contributed by atoms with Crippen LogP contribution in [0.1, 0.15) is 27.2 Å². The van der Waals surface area contributed by atoms with Gasteiger partial charge >= 0.3 is 5.97 Å². The highest BCUT2D eigenvalue weighted by Gasteiger charge is 2.11. The number of hydrogen-bond acceptors (Lipinski definition) is 2. The summed E-state index contributed by atoms with van der Waals surface area (Å²) in [7, 11) is 0. The minimum absolute atomic E-state index is 0.107. The van der Waals surface area contributed by atoms with E-state index in [0.29, 0.717) is 6.54 Å². The van der Waals surface area contributed by atoms with Crippen molar-refractivity contribution in [3.05, 3.63) is 12.2 Å². The minimum atomic E-state index is -0.765. The van der Waals surface area contributed by atoms with E-state index in [0.717, 1.165) is 0 Å². The van der Waals surface area contributed by atoms with Crippen LogP contribution in [-0.4, -0.2) is 23.2 Å². The Labute approximate surface area is 73.5 Å². The predicted molar refractivity (Wildman–Crippen MR) is 49.1 cm³/mol. The summed E-state index contributed by atoms with van der Waals surface area (Å²) < 4.78 is 0. The summed E-state index contributed by atoms with van der Waals surface area (Å²) >= 11 is 0. The molecule has 0 radical (unpaired) electrons. The molecule has 0 fully saturated rings. The van der Waals surface area contributed by atoms with Gasteiger partial charge in [0, 0.05) is 12.1 Å². The molecule has 0 rings (SSSR count). The highest BCUT2D eigenvalue weighted by atomic mass is 16.4. The van der Waals surface area contributed by atoms with Crippen LogP contribution in [-0.2, 0) is 4.79 Å². The van der Waals surface area contributed by atoms with Crippen molar-refractivity contribution in [2.24, 2.45) is 0 Å². The van der Waals surface area contributed by atoms with Crippen LogP contribution in [0.15, 0.2) is 12.2 Å². The molecule has 0 aromatic rings. The lowest BCUT2D eigenvalue weighted by Crippen LogP contribution is -2.38. The van der Waals surface area contributed by atoms with Gasteiger partial charge in [-0.1, -0.05) is 12.2 Å². The monoisotopic (exact) mass is 171 g/mol. The fourth-order valence-electron chi connectivity index (χ4n) is 0.967. The van der Waals surface area contributed by atoms with Crippen molar-refractivity contribution in [3.8, 4) is 0 Å². The molecule has 0 aromatic heterocycles. The van der Waals surface area contributed by atoms with Crippen molar-refractivity contribution in [2.45, 2.75) is 32.7 Å². The van der Waals surface area contributed by atoms with Crippen LogP contribution in [0, 0.1) is 0 Å². The summed E-state index contributed by atoms with van der Waals surface area (Å²) in [5.74, 6) is -0.765. The third kappa shape index (κ3) is 5.92. The maximum atomic E-state index is 10.2. The molecule has 0 amide bonds. The van der Waals surface area contributed by atoms with Crippen molar-refractivity contribution >= 4 is 5.97 Å². The fourth-order valence-corrected chi connectivity index (χ4v) is 0.967. The molecule has 0 aliphatic carbocycles. The second kappa shape index (κ2) is 4.93. The largest absolute Gasteiger partial charge is 0.481 e. The van der Waals surface area contributed by atoms with Gasteiger partial charge in [-0.15, -0.1) is 0 Å². The average molecular weight is 171 g/mol. The molecule has 0 heterocycles. The molecular formula is C9H17NO2. The van der Waals surface area contributed by atoms with E-state index >= 15 is 0 Å². The van der Waals surface area contributed by atoms with Gasteiger partial charge in [0.25, 0.3) is 0 Å². The summed E-state index contributed by atoms with van der Waals surface area (Å²) in [6.07, 6.45) is 4.13. The van der Waals surface area contributed by atoms with E-state index in [1.165, 1.54) is 0 Å². The van der Waals surface area contributed by atoms with Crippen LogP contribution < -0.4 is 5.32 Å². The Balaban J connectivity index is 3.68. The molecule has 0 aliphatic rings. The molecule has 0 aliphatic heterocycles. The number of hydrogen-bond donors (Lipinski definition) is 2. The number of carbonyl (C=O) groups is 1. The number of rotatable bonds is 5. The van der Waals surface area contributed by atoms with Gasteiger partial charge in [-0.3, -0.25) is 4.79 Å².